The third-order valence-corrected chi connectivity index (χ3v) is 5.32. The third kappa shape index (κ3) is 2.57. The maximum absolute atomic E-state index is 12.3. The lowest BCUT2D eigenvalue weighted by Crippen LogP contribution is -2.23. The number of hydrogen-bond acceptors (Lipinski definition) is 2. The average Bonchev–Trinajstić information content (AvgIpc) is 2.99. The Morgan fingerprint density at radius 1 is 1.29 bits per heavy atom. The molecule has 2 heterocycles. The summed E-state index contributed by atoms with van der Waals surface area (Å²) in [5.41, 5.74) is 2.23. The van der Waals surface area contributed by atoms with E-state index < -0.39 is 0 Å². The molecule has 3 aromatic rings. The van der Waals surface area contributed by atoms with Crippen molar-refractivity contribution in [2.45, 2.75) is 13.5 Å². The molecule has 0 radical (unpaired) electrons. The van der Waals surface area contributed by atoms with E-state index in [9.17, 15) is 4.79 Å². The van der Waals surface area contributed by atoms with Gasteiger partial charge in [-0.05, 0) is 25.1 Å². The van der Waals surface area contributed by atoms with Crippen LogP contribution in [0.5, 0.6) is 0 Å². The van der Waals surface area contributed by atoms with Gasteiger partial charge in [-0.15, -0.1) is 11.3 Å². The summed E-state index contributed by atoms with van der Waals surface area (Å²) in [5, 5.41) is 4.41. The Morgan fingerprint density at radius 3 is 2.71 bits per heavy atom. The molecule has 3 nitrogen and oxygen atoms in total. The van der Waals surface area contributed by atoms with Crippen LogP contribution in [0.15, 0.2) is 36.4 Å². The summed E-state index contributed by atoms with van der Waals surface area (Å²) in [6.45, 7) is 2.53. The lowest BCUT2D eigenvalue weighted by molar-refractivity contribution is 0.0954. The summed E-state index contributed by atoms with van der Waals surface area (Å²) in [6, 6.07) is 11.8. The van der Waals surface area contributed by atoms with E-state index in [1.54, 1.807) is 0 Å². The molecule has 0 fully saturated rings. The van der Waals surface area contributed by atoms with Crippen molar-refractivity contribution in [2.75, 3.05) is 0 Å². The van der Waals surface area contributed by atoms with Gasteiger partial charge in [0.2, 0.25) is 0 Å². The minimum Gasteiger partial charge on any atom is -0.350 e. The number of benzene rings is 1. The van der Waals surface area contributed by atoms with Crippen molar-refractivity contribution in [1.29, 1.82) is 0 Å². The van der Waals surface area contributed by atoms with Gasteiger partial charge in [-0.3, -0.25) is 4.79 Å². The highest BCUT2D eigenvalue weighted by atomic mass is 35.5. The molecule has 21 heavy (non-hydrogen) atoms. The predicted octanol–water partition coefficient (Wildman–Crippen LogP) is 4.13. The highest BCUT2D eigenvalue weighted by molar-refractivity contribution is 7.21. The Labute approximate surface area is 132 Å². The van der Waals surface area contributed by atoms with Crippen molar-refractivity contribution in [1.82, 2.24) is 9.88 Å². The molecule has 3 rings (SSSR count). The van der Waals surface area contributed by atoms with Gasteiger partial charge in [0.25, 0.3) is 5.91 Å². The summed E-state index contributed by atoms with van der Waals surface area (Å²) in [7, 11) is 1.99. The maximum Gasteiger partial charge on any atom is 0.263 e. The molecule has 1 aromatic carbocycles. The zero-order valence-electron chi connectivity index (χ0n) is 11.8. The van der Waals surface area contributed by atoms with Gasteiger partial charge >= 0.3 is 0 Å². The van der Waals surface area contributed by atoms with E-state index in [1.165, 1.54) is 17.0 Å². The van der Waals surface area contributed by atoms with Crippen LogP contribution in [0.4, 0.5) is 0 Å². The molecule has 0 saturated carbocycles. The summed E-state index contributed by atoms with van der Waals surface area (Å²) >= 11 is 7.74. The van der Waals surface area contributed by atoms with Crippen LogP contribution in [0, 0.1) is 6.92 Å². The first kappa shape index (κ1) is 14.2. The molecule has 0 atom stereocenters. The van der Waals surface area contributed by atoms with Crippen LogP contribution in [0.1, 0.15) is 21.1 Å². The molecule has 1 N–H and O–H groups in total. The van der Waals surface area contributed by atoms with Gasteiger partial charge in [-0.25, -0.2) is 0 Å². The van der Waals surface area contributed by atoms with E-state index in [-0.39, 0.29) is 5.91 Å². The molecule has 0 bridgehead atoms. The average molecular weight is 319 g/mol. The largest absolute Gasteiger partial charge is 0.350 e. The van der Waals surface area contributed by atoms with Crippen LogP contribution < -0.4 is 5.32 Å². The minimum atomic E-state index is -0.125. The SMILES string of the molecule is Cc1ccc(CNC(=O)c2sc3ccccc3c2Cl)n1C. The number of nitrogens with one attached hydrogen (secondary N) is 1. The number of fused-ring (bicyclic) bond motifs is 1. The molecule has 108 valence electrons. The molecule has 0 aliphatic carbocycles. The van der Waals surface area contributed by atoms with Crippen molar-refractivity contribution < 1.29 is 4.79 Å². The van der Waals surface area contributed by atoms with Gasteiger partial charge in [-0.2, -0.15) is 0 Å². The zero-order valence-corrected chi connectivity index (χ0v) is 13.4. The lowest BCUT2D eigenvalue weighted by atomic mass is 10.2. The summed E-state index contributed by atoms with van der Waals surface area (Å²) in [4.78, 5) is 12.9. The first-order valence-corrected chi connectivity index (χ1v) is 7.84. The van der Waals surface area contributed by atoms with Gasteiger partial charge in [0.1, 0.15) is 4.88 Å². The van der Waals surface area contributed by atoms with Crippen molar-refractivity contribution in [3.05, 3.63) is 57.7 Å². The molecule has 2 aromatic heterocycles. The van der Waals surface area contributed by atoms with Gasteiger partial charge in [-0.1, -0.05) is 29.8 Å². The summed E-state index contributed by atoms with van der Waals surface area (Å²) in [5.74, 6) is -0.125. The van der Waals surface area contributed by atoms with Crippen LogP contribution in [-0.4, -0.2) is 10.5 Å². The van der Waals surface area contributed by atoms with Crippen molar-refractivity contribution >= 4 is 38.9 Å². The molecule has 0 aliphatic rings. The van der Waals surface area contributed by atoms with Gasteiger partial charge in [0, 0.05) is 28.5 Å². The first-order chi connectivity index (χ1) is 10.1. The van der Waals surface area contributed by atoms with Crippen LogP contribution in [0.25, 0.3) is 10.1 Å². The lowest BCUT2D eigenvalue weighted by Gasteiger charge is -2.06. The number of aryl methyl sites for hydroxylation is 1. The fraction of sp³-hybridized carbons (Fsp3) is 0.188. The van der Waals surface area contributed by atoms with Crippen molar-refractivity contribution in [3.63, 3.8) is 0 Å². The number of nitrogens with zero attached hydrogens (tertiary/aromatic N) is 1. The fourth-order valence-corrected chi connectivity index (χ4v) is 3.69. The molecular weight excluding hydrogens is 304 g/mol. The van der Waals surface area contributed by atoms with E-state index in [4.69, 9.17) is 11.6 Å². The molecule has 0 spiro atoms. The molecule has 0 unspecified atom stereocenters. The number of carbonyl (C=O) groups is 1. The standard InChI is InChI=1S/C16H15ClN2OS/c1-10-7-8-11(19(10)2)9-18-16(20)15-14(17)12-5-3-4-6-13(12)21-15/h3-8H,9H2,1-2H3,(H,18,20). The molecule has 5 heteroatoms. The topological polar surface area (TPSA) is 34.0 Å². The van der Waals surface area contributed by atoms with Gasteiger partial charge in [0.05, 0.1) is 11.6 Å². The summed E-state index contributed by atoms with van der Waals surface area (Å²) in [6.07, 6.45) is 0. The smallest absolute Gasteiger partial charge is 0.263 e. The monoisotopic (exact) mass is 318 g/mol. The number of aromatic nitrogens is 1. The van der Waals surface area contributed by atoms with E-state index in [1.807, 2.05) is 50.4 Å². The van der Waals surface area contributed by atoms with Crippen LogP contribution >= 0.6 is 22.9 Å². The van der Waals surface area contributed by atoms with Crippen molar-refractivity contribution in [2.24, 2.45) is 7.05 Å². The summed E-state index contributed by atoms with van der Waals surface area (Å²) < 4.78 is 3.09. The highest BCUT2D eigenvalue weighted by Gasteiger charge is 2.16. The predicted molar refractivity (Wildman–Crippen MR) is 88.2 cm³/mol. The Bertz CT molecular complexity index is 819. The third-order valence-electron chi connectivity index (χ3n) is 3.65. The molecule has 0 aliphatic heterocycles. The number of carbonyl (C=O) groups excluding carboxylic acids is 1. The molecule has 0 saturated heterocycles. The Balaban J connectivity index is 1.81. The first-order valence-electron chi connectivity index (χ1n) is 6.64. The number of thiophene rings is 1. The number of rotatable bonds is 3. The Kier molecular flexibility index (Phi) is 3.74. The maximum atomic E-state index is 12.3. The number of amides is 1. The Morgan fingerprint density at radius 2 is 2.05 bits per heavy atom. The molecular formula is C16H15ClN2OS. The van der Waals surface area contributed by atoms with E-state index >= 15 is 0 Å². The van der Waals surface area contributed by atoms with Crippen LogP contribution in [-0.2, 0) is 13.6 Å². The van der Waals surface area contributed by atoms with Gasteiger partial charge in [0.15, 0.2) is 0 Å². The highest BCUT2D eigenvalue weighted by Crippen LogP contribution is 2.34. The van der Waals surface area contributed by atoms with E-state index in [2.05, 4.69) is 9.88 Å². The minimum absolute atomic E-state index is 0.125. The van der Waals surface area contributed by atoms with Crippen LogP contribution in [0.3, 0.4) is 0 Å². The normalized spacial score (nSPS) is 11.0. The number of hydrogen-bond donors (Lipinski definition) is 1. The second kappa shape index (κ2) is 5.54. The quantitative estimate of drug-likeness (QED) is 0.774. The molecule has 1 amide bonds. The fourth-order valence-electron chi connectivity index (χ4n) is 2.26. The van der Waals surface area contributed by atoms with E-state index in [0.29, 0.717) is 16.4 Å². The second-order valence-corrected chi connectivity index (χ2v) is 6.38. The number of halogens is 1. The van der Waals surface area contributed by atoms with Crippen molar-refractivity contribution in [3.8, 4) is 0 Å². The van der Waals surface area contributed by atoms with E-state index in [0.717, 1.165) is 15.8 Å². The Hall–Kier alpha value is -1.78. The van der Waals surface area contributed by atoms with Gasteiger partial charge < -0.3 is 9.88 Å². The second-order valence-electron chi connectivity index (χ2n) is 4.95. The zero-order chi connectivity index (χ0) is 15.0. The van der Waals surface area contributed by atoms with Crippen LogP contribution in [0.2, 0.25) is 5.02 Å².